The Morgan fingerprint density at radius 1 is 1.00 bits per heavy atom. The lowest BCUT2D eigenvalue weighted by atomic mass is 10.3. The summed E-state index contributed by atoms with van der Waals surface area (Å²) in [5, 5.41) is 28.3. The van der Waals surface area contributed by atoms with E-state index in [9.17, 15) is 10.1 Å². The number of hydrogen-bond donors (Lipinski definition) is 0. The molecule has 0 radical (unpaired) electrons. The van der Waals surface area contributed by atoms with Crippen molar-refractivity contribution in [2.24, 2.45) is 0 Å². The summed E-state index contributed by atoms with van der Waals surface area (Å²) < 4.78 is 5.63. The molecule has 1 aromatic carbocycles. The average Bonchev–Trinajstić information content (AvgIpc) is 3.10. The van der Waals surface area contributed by atoms with Crippen LogP contribution in [0.25, 0.3) is 0 Å². The fourth-order valence-corrected chi connectivity index (χ4v) is 4.38. The summed E-state index contributed by atoms with van der Waals surface area (Å²) >= 11 is 2.08. The van der Waals surface area contributed by atoms with Gasteiger partial charge in [0.1, 0.15) is 34.0 Å². The number of ether oxygens (including phenoxy) is 1. The van der Waals surface area contributed by atoms with E-state index in [1.165, 1.54) is 0 Å². The molecular formula is C18H10N6O2S2. The lowest BCUT2D eigenvalue weighted by Crippen LogP contribution is -2.12. The first-order valence-corrected chi connectivity index (χ1v) is 9.32. The topological polar surface area (TPSA) is 127 Å². The summed E-state index contributed by atoms with van der Waals surface area (Å²) in [7, 11) is 3.78. The zero-order chi connectivity index (χ0) is 20.3. The van der Waals surface area contributed by atoms with Crippen molar-refractivity contribution in [2.75, 3.05) is 19.0 Å². The summed E-state index contributed by atoms with van der Waals surface area (Å²) in [6.45, 7) is 0. The number of hydrogen-bond acceptors (Lipinski definition) is 10. The molecule has 0 unspecified atom stereocenters. The van der Waals surface area contributed by atoms with Gasteiger partial charge in [0.15, 0.2) is 17.0 Å². The van der Waals surface area contributed by atoms with Crippen LogP contribution in [0.15, 0.2) is 44.1 Å². The molecule has 10 heteroatoms. The third kappa shape index (κ3) is 3.77. The second-order valence-electron chi connectivity index (χ2n) is 5.51. The normalized spacial score (nSPS) is 11.6. The van der Waals surface area contributed by atoms with E-state index in [0.29, 0.717) is 20.0 Å². The largest absolute Gasteiger partial charge is 0.422 e. The Balaban J connectivity index is 1.85. The highest BCUT2D eigenvalue weighted by atomic mass is 32.2. The van der Waals surface area contributed by atoms with Gasteiger partial charge in [-0.3, -0.25) is 0 Å². The maximum Gasteiger partial charge on any atom is 0.356 e. The minimum absolute atomic E-state index is 0.0994. The Morgan fingerprint density at radius 2 is 1.54 bits per heavy atom. The van der Waals surface area contributed by atoms with Crippen LogP contribution >= 0.6 is 23.5 Å². The van der Waals surface area contributed by atoms with Gasteiger partial charge in [-0.25, -0.2) is 14.8 Å². The molecule has 0 amide bonds. The maximum absolute atomic E-state index is 12.5. The predicted octanol–water partition coefficient (Wildman–Crippen LogP) is 2.82. The Hall–Kier alpha value is -3.52. The second-order valence-corrected chi connectivity index (χ2v) is 7.77. The van der Waals surface area contributed by atoms with Crippen LogP contribution in [-0.4, -0.2) is 30.0 Å². The number of thioether (sulfide) groups is 2. The standard InChI is InChI=1S/C18H10N6O2S2/c1-24(2)10-3-5-11(6-4-10)26-17(25)12(7-19)18-27-15-16(28-18)23-14(9-21)13(8-20)22-15/h3-6H,1-2H3. The molecule has 3 rings (SSSR count). The highest BCUT2D eigenvalue weighted by molar-refractivity contribution is 8.24. The third-order valence-electron chi connectivity index (χ3n) is 3.51. The molecule has 0 fully saturated rings. The Labute approximate surface area is 169 Å². The van der Waals surface area contributed by atoms with Gasteiger partial charge in [0.25, 0.3) is 0 Å². The van der Waals surface area contributed by atoms with Crippen molar-refractivity contribution < 1.29 is 9.53 Å². The van der Waals surface area contributed by atoms with E-state index < -0.39 is 5.97 Å². The van der Waals surface area contributed by atoms with Crippen LogP contribution < -0.4 is 9.64 Å². The van der Waals surface area contributed by atoms with E-state index in [2.05, 4.69) is 9.97 Å². The molecule has 0 aliphatic carbocycles. The van der Waals surface area contributed by atoms with E-state index in [0.717, 1.165) is 29.2 Å². The number of benzene rings is 1. The van der Waals surface area contributed by atoms with Gasteiger partial charge < -0.3 is 9.64 Å². The van der Waals surface area contributed by atoms with Gasteiger partial charge in [0.2, 0.25) is 0 Å². The van der Waals surface area contributed by atoms with Crippen molar-refractivity contribution in [1.82, 2.24) is 9.97 Å². The number of aromatic nitrogens is 2. The van der Waals surface area contributed by atoms with Crippen molar-refractivity contribution in [2.45, 2.75) is 10.1 Å². The summed E-state index contributed by atoms with van der Waals surface area (Å²) in [5.41, 5.74) is 0.550. The molecule has 0 bridgehead atoms. The second kappa shape index (κ2) is 8.01. The highest BCUT2D eigenvalue weighted by Gasteiger charge is 2.29. The van der Waals surface area contributed by atoms with Gasteiger partial charge in [-0.1, -0.05) is 23.5 Å². The van der Waals surface area contributed by atoms with E-state index >= 15 is 0 Å². The zero-order valence-corrected chi connectivity index (χ0v) is 16.3. The van der Waals surface area contributed by atoms with Crippen LogP contribution in [0.1, 0.15) is 11.4 Å². The lowest BCUT2D eigenvalue weighted by molar-refractivity contribution is -0.129. The number of carbonyl (C=O) groups excluding carboxylic acids is 1. The van der Waals surface area contributed by atoms with E-state index in [1.807, 2.05) is 37.2 Å². The van der Waals surface area contributed by atoms with Crippen molar-refractivity contribution in [3.63, 3.8) is 0 Å². The van der Waals surface area contributed by atoms with Crippen molar-refractivity contribution in [3.05, 3.63) is 45.5 Å². The van der Waals surface area contributed by atoms with Crippen LogP contribution in [0.2, 0.25) is 0 Å². The van der Waals surface area contributed by atoms with Gasteiger partial charge >= 0.3 is 5.97 Å². The molecule has 0 N–H and O–H groups in total. The molecular weight excluding hydrogens is 396 g/mol. The molecule has 8 nitrogen and oxygen atoms in total. The average molecular weight is 406 g/mol. The molecule has 0 atom stereocenters. The van der Waals surface area contributed by atoms with Gasteiger partial charge in [-0.05, 0) is 24.3 Å². The van der Waals surface area contributed by atoms with Crippen LogP contribution in [0.5, 0.6) is 5.75 Å². The van der Waals surface area contributed by atoms with Crippen molar-refractivity contribution in [1.29, 1.82) is 15.8 Å². The quantitative estimate of drug-likeness (QED) is 0.325. The molecule has 2 heterocycles. The van der Waals surface area contributed by atoms with Crippen LogP contribution in [0.4, 0.5) is 5.69 Å². The number of carbonyl (C=O) groups is 1. The van der Waals surface area contributed by atoms with Crippen molar-refractivity contribution in [3.8, 4) is 24.0 Å². The molecule has 136 valence electrons. The van der Waals surface area contributed by atoms with E-state index in [4.69, 9.17) is 15.3 Å². The van der Waals surface area contributed by atoms with Gasteiger partial charge in [-0.2, -0.15) is 15.8 Å². The summed E-state index contributed by atoms with van der Waals surface area (Å²) in [5.74, 6) is -0.492. The fraction of sp³-hybridized carbons (Fsp3) is 0.111. The first-order valence-electron chi connectivity index (χ1n) is 7.68. The zero-order valence-electron chi connectivity index (χ0n) is 14.6. The fourth-order valence-electron chi connectivity index (χ4n) is 2.14. The summed E-state index contributed by atoms with van der Waals surface area (Å²) in [6.07, 6.45) is 0. The third-order valence-corrected chi connectivity index (χ3v) is 5.87. The van der Waals surface area contributed by atoms with E-state index in [-0.39, 0.29) is 17.0 Å². The molecule has 1 aliphatic rings. The first-order chi connectivity index (χ1) is 13.5. The smallest absolute Gasteiger partial charge is 0.356 e. The summed E-state index contributed by atoms with van der Waals surface area (Å²) in [4.78, 5) is 22.5. The van der Waals surface area contributed by atoms with Gasteiger partial charge in [0, 0.05) is 19.8 Å². The molecule has 0 saturated heterocycles. The van der Waals surface area contributed by atoms with Crippen molar-refractivity contribution >= 4 is 35.2 Å². The minimum atomic E-state index is -0.802. The monoisotopic (exact) mass is 406 g/mol. The number of rotatable bonds is 3. The minimum Gasteiger partial charge on any atom is -0.422 e. The Kier molecular flexibility index (Phi) is 5.51. The molecule has 0 spiro atoms. The van der Waals surface area contributed by atoms with Gasteiger partial charge in [0.05, 0.1) is 4.24 Å². The Morgan fingerprint density at radius 3 is 1.96 bits per heavy atom. The number of esters is 1. The van der Waals surface area contributed by atoms with E-state index in [1.54, 1.807) is 24.3 Å². The number of nitrogens with zero attached hydrogens (tertiary/aromatic N) is 6. The molecule has 28 heavy (non-hydrogen) atoms. The number of nitriles is 3. The summed E-state index contributed by atoms with van der Waals surface area (Å²) in [6, 6.07) is 12.3. The Bertz CT molecular complexity index is 1080. The lowest BCUT2D eigenvalue weighted by Gasteiger charge is -2.12. The number of fused-ring (bicyclic) bond motifs is 1. The molecule has 0 saturated carbocycles. The number of anilines is 1. The van der Waals surface area contributed by atoms with Crippen LogP contribution in [-0.2, 0) is 4.79 Å². The molecule has 1 aliphatic heterocycles. The van der Waals surface area contributed by atoms with Crippen LogP contribution in [0.3, 0.4) is 0 Å². The first kappa shape index (κ1) is 19.2. The maximum atomic E-state index is 12.5. The van der Waals surface area contributed by atoms with Gasteiger partial charge in [-0.15, -0.1) is 0 Å². The highest BCUT2D eigenvalue weighted by Crippen LogP contribution is 2.50. The predicted molar refractivity (Wildman–Crippen MR) is 102 cm³/mol. The SMILES string of the molecule is CN(C)c1ccc(OC(=O)C(C#N)=C2Sc3nc(C#N)c(C#N)nc3S2)cc1. The molecule has 2 aromatic rings. The molecule has 1 aromatic heterocycles. The van der Waals surface area contributed by atoms with Crippen LogP contribution in [0, 0.1) is 34.0 Å².